The fourth-order valence-electron chi connectivity index (χ4n) is 1.85. The molecule has 15 heavy (non-hydrogen) atoms. The standard InChI is InChI=1S/C13H26OS/c1-3-5-6-7-8-9-10-11-12(4-2)13(14)15/h12H,3-11H2,1-2H3,(H,14,15). The molecule has 0 spiro atoms. The van der Waals surface area contributed by atoms with Crippen molar-refractivity contribution in [3.8, 4) is 0 Å². The van der Waals surface area contributed by atoms with E-state index in [1.54, 1.807) is 0 Å². The second-order valence-corrected chi connectivity index (χ2v) is 4.77. The lowest BCUT2D eigenvalue weighted by Crippen LogP contribution is -2.10. The van der Waals surface area contributed by atoms with Crippen LogP contribution in [0.15, 0.2) is 0 Å². The van der Waals surface area contributed by atoms with Crippen molar-refractivity contribution < 1.29 is 5.11 Å². The van der Waals surface area contributed by atoms with Gasteiger partial charge in [0.2, 0.25) is 0 Å². The summed E-state index contributed by atoms with van der Waals surface area (Å²) in [5.41, 5.74) is 0. The lowest BCUT2D eigenvalue weighted by atomic mass is 9.98. The average molecular weight is 230 g/mol. The maximum absolute atomic E-state index is 9.22. The van der Waals surface area contributed by atoms with Crippen LogP contribution in [-0.4, -0.2) is 10.2 Å². The molecule has 1 nitrogen and oxygen atoms in total. The number of rotatable bonds is 10. The van der Waals surface area contributed by atoms with Crippen LogP contribution in [0.3, 0.4) is 0 Å². The maximum atomic E-state index is 9.22. The SMILES string of the molecule is CCCCCCCCCC(CC)C(O)=S. The van der Waals surface area contributed by atoms with Gasteiger partial charge in [-0.15, -0.1) is 0 Å². The van der Waals surface area contributed by atoms with E-state index < -0.39 is 0 Å². The van der Waals surface area contributed by atoms with Gasteiger partial charge in [0, 0.05) is 5.92 Å². The van der Waals surface area contributed by atoms with Crippen molar-refractivity contribution in [1.82, 2.24) is 0 Å². The zero-order valence-corrected chi connectivity index (χ0v) is 11.1. The summed E-state index contributed by atoms with van der Waals surface area (Å²) in [5, 5.41) is 9.43. The van der Waals surface area contributed by atoms with Gasteiger partial charge in [0.1, 0.15) is 0 Å². The number of aliphatic hydroxyl groups excluding tert-OH is 1. The molecule has 1 N–H and O–H groups in total. The van der Waals surface area contributed by atoms with Crippen LogP contribution < -0.4 is 0 Å². The monoisotopic (exact) mass is 230 g/mol. The van der Waals surface area contributed by atoms with Crippen molar-refractivity contribution in [3.63, 3.8) is 0 Å². The van der Waals surface area contributed by atoms with Crippen LogP contribution in [0.5, 0.6) is 0 Å². The molecule has 0 saturated heterocycles. The molecule has 0 aromatic rings. The second-order valence-electron chi connectivity index (χ2n) is 4.35. The first-order chi connectivity index (χ1) is 7.22. The van der Waals surface area contributed by atoms with Gasteiger partial charge in [0.05, 0.1) is 0 Å². The second kappa shape index (κ2) is 10.4. The van der Waals surface area contributed by atoms with Crippen LogP contribution in [0.2, 0.25) is 0 Å². The van der Waals surface area contributed by atoms with Gasteiger partial charge < -0.3 is 5.11 Å². The van der Waals surface area contributed by atoms with E-state index in [2.05, 4.69) is 13.8 Å². The fraction of sp³-hybridized carbons (Fsp3) is 0.923. The van der Waals surface area contributed by atoms with E-state index in [4.69, 9.17) is 12.2 Å². The number of aliphatic hydroxyl groups is 1. The summed E-state index contributed by atoms with van der Waals surface area (Å²) in [6.07, 6.45) is 11.3. The van der Waals surface area contributed by atoms with Crippen molar-refractivity contribution in [2.75, 3.05) is 0 Å². The number of hydrogen-bond acceptors (Lipinski definition) is 1. The number of unbranched alkanes of at least 4 members (excludes halogenated alkanes) is 6. The third kappa shape index (κ3) is 8.86. The lowest BCUT2D eigenvalue weighted by molar-refractivity contribution is 0.451. The van der Waals surface area contributed by atoms with E-state index >= 15 is 0 Å². The topological polar surface area (TPSA) is 20.2 Å². The summed E-state index contributed by atoms with van der Waals surface area (Å²) < 4.78 is 0. The highest BCUT2D eigenvalue weighted by atomic mass is 32.1. The largest absolute Gasteiger partial charge is 0.502 e. The van der Waals surface area contributed by atoms with E-state index in [-0.39, 0.29) is 11.0 Å². The maximum Gasteiger partial charge on any atom is 0.159 e. The molecule has 0 heterocycles. The molecular formula is C13H26OS. The number of hydrogen-bond donors (Lipinski definition) is 1. The first-order valence-corrected chi connectivity index (χ1v) is 6.86. The Hall–Kier alpha value is -0.110. The smallest absolute Gasteiger partial charge is 0.159 e. The van der Waals surface area contributed by atoms with Crippen LogP contribution in [-0.2, 0) is 0 Å². The Morgan fingerprint density at radius 1 is 1.00 bits per heavy atom. The highest BCUT2D eigenvalue weighted by Crippen LogP contribution is 2.16. The summed E-state index contributed by atoms with van der Waals surface area (Å²) in [4.78, 5) is 0. The predicted molar refractivity (Wildman–Crippen MR) is 71.6 cm³/mol. The van der Waals surface area contributed by atoms with Gasteiger partial charge in [-0.05, 0) is 25.1 Å². The minimum Gasteiger partial charge on any atom is -0.502 e. The summed E-state index contributed by atoms with van der Waals surface area (Å²) in [6, 6.07) is 0. The molecule has 0 aliphatic rings. The van der Waals surface area contributed by atoms with E-state index in [1.807, 2.05) is 0 Å². The van der Waals surface area contributed by atoms with Crippen molar-refractivity contribution in [3.05, 3.63) is 0 Å². The molecule has 2 heteroatoms. The van der Waals surface area contributed by atoms with Gasteiger partial charge in [0.15, 0.2) is 5.05 Å². The summed E-state index contributed by atoms with van der Waals surface area (Å²) in [7, 11) is 0. The minimum atomic E-state index is 0.212. The zero-order chi connectivity index (χ0) is 11.5. The third-order valence-corrected chi connectivity index (χ3v) is 3.33. The molecule has 0 aliphatic carbocycles. The van der Waals surface area contributed by atoms with E-state index in [9.17, 15) is 5.11 Å². The van der Waals surface area contributed by atoms with Gasteiger partial charge in [-0.3, -0.25) is 0 Å². The van der Waals surface area contributed by atoms with Crippen LogP contribution >= 0.6 is 12.2 Å². The molecule has 90 valence electrons. The van der Waals surface area contributed by atoms with Crippen LogP contribution in [0.25, 0.3) is 0 Å². The summed E-state index contributed by atoms with van der Waals surface area (Å²) >= 11 is 4.81. The molecule has 0 aliphatic heterocycles. The van der Waals surface area contributed by atoms with E-state index in [1.165, 1.54) is 44.9 Å². The number of thiocarbonyl (C=S) groups is 1. The fourth-order valence-corrected chi connectivity index (χ4v) is 2.13. The van der Waals surface area contributed by atoms with E-state index in [0.717, 1.165) is 12.8 Å². The van der Waals surface area contributed by atoms with Gasteiger partial charge in [-0.1, -0.05) is 58.8 Å². The van der Waals surface area contributed by atoms with Crippen molar-refractivity contribution in [2.24, 2.45) is 5.92 Å². The van der Waals surface area contributed by atoms with Crippen LogP contribution in [0.4, 0.5) is 0 Å². The van der Waals surface area contributed by atoms with Gasteiger partial charge in [0.25, 0.3) is 0 Å². The Morgan fingerprint density at radius 2 is 1.53 bits per heavy atom. The Bertz CT molecular complexity index is 157. The predicted octanol–water partition coefficient (Wildman–Crippen LogP) is 5.04. The highest BCUT2D eigenvalue weighted by Gasteiger charge is 2.09. The molecule has 0 rings (SSSR count). The Kier molecular flexibility index (Phi) is 10.3. The third-order valence-electron chi connectivity index (χ3n) is 3.00. The van der Waals surface area contributed by atoms with Gasteiger partial charge in [-0.25, -0.2) is 0 Å². The van der Waals surface area contributed by atoms with Crippen LogP contribution in [0.1, 0.15) is 71.6 Å². The van der Waals surface area contributed by atoms with Crippen molar-refractivity contribution in [2.45, 2.75) is 71.6 Å². The molecular weight excluding hydrogens is 204 g/mol. The highest BCUT2D eigenvalue weighted by molar-refractivity contribution is 7.80. The van der Waals surface area contributed by atoms with Gasteiger partial charge in [-0.2, -0.15) is 0 Å². The van der Waals surface area contributed by atoms with Crippen molar-refractivity contribution >= 4 is 17.3 Å². The molecule has 0 bridgehead atoms. The molecule has 1 atom stereocenters. The Balaban J connectivity index is 3.25. The first-order valence-electron chi connectivity index (χ1n) is 6.45. The first kappa shape index (κ1) is 14.9. The average Bonchev–Trinajstić information content (AvgIpc) is 2.21. The molecule has 1 unspecified atom stereocenters. The minimum absolute atomic E-state index is 0.212. The van der Waals surface area contributed by atoms with E-state index in [0.29, 0.717) is 0 Å². The van der Waals surface area contributed by atoms with Crippen molar-refractivity contribution in [1.29, 1.82) is 0 Å². The van der Waals surface area contributed by atoms with Gasteiger partial charge >= 0.3 is 0 Å². The molecule has 0 fully saturated rings. The normalized spacial score (nSPS) is 12.7. The Labute approximate surface area is 100 Å². The molecule has 0 aromatic carbocycles. The molecule has 0 aromatic heterocycles. The lowest BCUT2D eigenvalue weighted by Gasteiger charge is -2.11. The molecule has 0 saturated carbocycles. The Morgan fingerprint density at radius 3 is 2.00 bits per heavy atom. The molecule has 0 amide bonds. The van der Waals surface area contributed by atoms with Crippen LogP contribution in [0, 0.1) is 5.92 Å². The molecule has 0 radical (unpaired) electrons. The summed E-state index contributed by atoms with van der Waals surface area (Å²) in [5.74, 6) is 0.260. The zero-order valence-electron chi connectivity index (χ0n) is 10.3. The quantitative estimate of drug-likeness (QED) is 0.419. The summed E-state index contributed by atoms with van der Waals surface area (Å²) in [6.45, 7) is 4.34.